The number of ketones is 1. The van der Waals surface area contributed by atoms with Gasteiger partial charge in [-0.3, -0.25) is 14.5 Å². The molecule has 5 aromatic rings. The molecule has 1 aromatic heterocycles. The van der Waals surface area contributed by atoms with Crippen LogP contribution in [0.4, 0.5) is 9.52 Å². The lowest BCUT2D eigenvalue weighted by Crippen LogP contribution is -2.29. The van der Waals surface area contributed by atoms with Crippen molar-refractivity contribution in [1.29, 1.82) is 0 Å². The van der Waals surface area contributed by atoms with Gasteiger partial charge < -0.3 is 14.9 Å². The molecule has 1 saturated heterocycles. The number of anilines is 1. The van der Waals surface area contributed by atoms with E-state index in [2.05, 4.69) is 10.2 Å². The lowest BCUT2D eigenvalue weighted by Gasteiger charge is -2.22. The summed E-state index contributed by atoms with van der Waals surface area (Å²) in [6, 6.07) is 26.0. The molecule has 6 rings (SSSR count). The highest BCUT2D eigenvalue weighted by Gasteiger charge is 2.48. The van der Waals surface area contributed by atoms with Crippen LogP contribution in [0.2, 0.25) is 0 Å². The third-order valence-electron chi connectivity index (χ3n) is 7.16. The third-order valence-corrected chi connectivity index (χ3v) is 9.26. The maximum atomic E-state index is 14.1. The molecule has 1 atom stereocenters. The molecule has 1 aliphatic rings. The number of benzene rings is 4. The second kappa shape index (κ2) is 12.9. The topological polar surface area (TPSA) is 113 Å². The van der Waals surface area contributed by atoms with Gasteiger partial charge in [-0.2, -0.15) is 0 Å². The number of halogens is 1. The number of amides is 1. The van der Waals surface area contributed by atoms with Crippen molar-refractivity contribution in [1.82, 2.24) is 10.2 Å². The van der Waals surface area contributed by atoms with Gasteiger partial charge in [0.05, 0.1) is 11.6 Å². The summed E-state index contributed by atoms with van der Waals surface area (Å²) in [4.78, 5) is 28.2. The van der Waals surface area contributed by atoms with E-state index in [1.165, 1.54) is 34.9 Å². The Kier molecular flexibility index (Phi) is 8.63. The average Bonchev–Trinajstić information content (AvgIpc) is 3.61. The molecule has 2 heterocycles. The second-order valence-electron chi connectivity index (χ2n) is 10.3. The Bertz CT molecular complexity index is 1930. The Morgan fingerprint density at radius 3 is 2.51 bits per heavy atom. The van der Waals surface area contributed by atoms with Gasteiger partial charge in [-0.1, -0.05) is 83.3 Å². The van der Waals surface area contributed by atoms with E-state index < -0.39 is 17.7 Å². The number of aromatic hydroxyl groups is 1. The zero-order valence-electron chi connectivity index (χ0n) is 23.9. The minimum absolute atomic E-state index is 0.0772. The normalized spacial score (nSPS) is 15.9. The van der Waals surface area contributed by atoms with Crippen LogP contribution in [0.15, 0.2) is 107 Å². The van der Waals surface area contributed by atoms with E-state index in [1.807, 2.05) is 31.2 Å². The largest absolute Gasteiger partial charge is 0.508 e. The molecule has 0 aliphatic carbocycles. The number of carbonyl (C=O) groups excluding carboxylic acids is 2. The number of phenolic OH excluding ortho intramolecular Hbond substituents is 1. The molecule has 4 aromatic carbocycles. The van der Waals surface area contributed by atoms with Gasteiger partial charge in [-0.05, 0) is 66.1 Å². The van der Waals surface area contributed by atoms with E-state index in [-0.39, 0.29) is 28.0 Å². The Labute approximate surface area is 266 Å². The van der Waals surface area contributed by atoms with Crippen LogP contribution in [0.5, 0.6) is 11.5 Å². The monoisotopic (exact) mass is 639 g/mol. The molecule has 0 radical (unpaired) electrons. The number of aliphatic hydroxyl groups is 1. The number of ether oxygens (including phenoxy) is 1. The predicted octanol–water partition coefficient (Wildman–Crippen LogP) is 7.19. The van der Waals surface area contributed by atoms with Crippen molar-refractivity contribution >= 4 is 45.7 Å². The summed E-state index contributed by atoms with van der Waals surface area (Å²) < 4.78 is 20.5. The Morgan fingerprint density at radius 1 is 0.978 bits per heavy atom. The second-order valence-corrected chi connectivity index (χ2v) is 12.5. The smallest absolute Gasteiger partial charge is 0.301 e. The highest BCUT2D eigenvalue weighted by atomic mass is 32.2. The molecule has 0 saturated carbocycles. The molecule has 11 heteroatoms. The predicted molar refractivity (Wildman–Crippen MR) is 171 cm³/mol. The van der Waals surface area contributed by atoms with Gasteiger partial charge >= 0.3 is 5.91 Å². The van der Waals surface area contributed by atoms with Crippen molar-refractivity contribution in [2.75, 3.05) is 4.90 Å². The first kappa shape index (κ1) is 30.0. The molecular weight excluding hydrogens is 614 g/mol. The summed E-state index contributed by atoms with van der Waals surface area (Å²) in [6.07, 6.45) is 0. The molecule has 0 spiro atoms. The Morgan fingerprint density at radius 2 is 1.76 bits per heavy atom. The molecule has 8 nitrogen and oxygen atoms in total. The van der Waals surface area contributed by atoms with E-state index in [0.717, 1.165) is 22.5 Å². The highest BCUT2D eigenvalue weighted by Crippen LogP contribution is 2.44. The van der Waals surface area contributed by atoms with Crippen LogP contribution < -0.4 is 9.64 Å². The lowest BCUT2D eigenvalue weighted by molar-refractivity contribution is -0.132. The van der Waals surface area contributed by atoms with Crippen LogP contribution in [0.1, 0.15) is 33.9 Å². The first-order chi connectivity index (χ1) is 21.8. The number of hydrogen-bond donors (Lipinski definition) is 2. The van der Waals surface area contributed by atoms with E-state index in [9.17, 15) is 24.2 Å². The van der Waals surface area contributed by atoms with E-state index >= 15 is 0 Å². The standard InChI is InChI=1S/C34H26FN3O5S2/c1-20-6-4-7-21(16-20)18-43-26-14-12-22(13-15-26)30(40)28-29(23-9-5-10-25(39)17-23)38(32(42)31(28)41)33-36-37-34(45-33)44-19-24-8-2-3-11-27(24)35/h2-17,29,39-40H,18-19H2,1H3/b30-28+. The van der Waals surface area contributed by atoms with Gasteiger partial charge in [0.25, 0.3) is 5.78 Å². The van der Waals surface area contributed by atoms with Crippen molar-refractivity contribution < 1.29 is 28.9 Å². The van der Waals surface area contributed by atoms with Crippen LogP contribution in [0.3, 0.4) is 0 Å². The van der Waals surface area contributed by atoms with Crippen LogP contribution in [0.25, 0.3) is 5.76 Å². The van der Waals surface area contributed by atoms with Crippen LogP contribution in [0, 0.1) is 12.7 Å². The molecule has 1 unspecified atom stereocenters. The first-order valence-electron chi connectivity index (χ1n) is 13.9. The van der Waals surface area contributed by atoms with Crippen LogP contribution in [-0.4, -0.2) is 32.1 Å². The highest BCUT2D eigenvalue weighted by molar-refractivity contribution is 8.00. The number of aromatic nitrogens is 2. The molecule has 1 amide bonds. The number of thioether (sulfide) groups is 1. The zero-order chi connectivity index (χ0) is 31.5. The first-order valence-corrected chi connectivity index (χ1v) is 15.7. The number of carbonyl (C=O) groups is 2. The van der Waals surface area contributed by atoms with Gasteiger partial charge in [-0.15, -0.1) is 10.2 Å². The SMILES string of the molecule is Cc1cccc(COc2ccc(/C(O)=C3\C(=O)C(=O)N(c4nnc(SCc5ccccc5F)s4)C3c3cccc(O)c3)cc2)c1. The van der Waals surface area contributed by atoms with Gasteiger partial charge in [0.2, 0.25) is 5.13 Å². The van der Waals surface area contributed by atoms with Crippen LogP contribution in [-0.2, 0) is 21.9 Å². The quantitative estimate of drug-likeness (QED) is 0.0573. The van der Waals surface area contributed by atoms with Gasteiger partial charge in [-0.25, -0.2) is 4.39 Å². The summed E-state index contributed by atoms with van der Waals surface area (Å²) >= 11 is 2.31. The maximum absolute atomic E-state index is 14.1. The summed E-state index contributed by atoms with van der Waals surface area (Å²) in [5, 5.41) is 30.1. The third kappa shape index (κ3) is 6.45. The molecular formula is C34H26FN3O5S2. The number of aryl methyl sites for hydroxylation is 1. The summed E-state index contributed by atoms with van der Waals surface area (Å²) in [7, 11) is 0. The maximum Gasteiger partial charge on any atom is 0.301 e. The van der Waals surface area contributed by atoms with Crippen molar-refractivity contribution in [3.8, 4) is 11.5 Å². The number of Topliss-reactive ketones (excluding diaryl/α,β-unsaturated/α-hetero) is 1. The van der Waals surface area contributed by atoms with Crippen molar-refractivity contribution in [3.63, 3.8) is 0 Å². The number of hydrogen-bond acceptors (Lipinski definition) is 9. The van der Waals surface area contributed by atoms with Gasteiger partial charge in [0.15, 0.2) is 4.34 Å². The fourth-order valence-corrected chi connectivity index (χ4v) is 6.84. The minimum Gasteiger partial charge on any atom is -0.508 e. The fraction of sp³-hybridized carbons (Fsp3) is 0.118. The van der Waals surface area contributed by atoms with E-state index in [1.54, 1.807) is 54.6 Å². The van der Waals surface area contributed by atoms with Gasteiger partial charge in [0, 0.05) is 11.3 Å². The zero-order valence-corrected chi connectivity index (χ0v) is 25.5. The number of rotatable bonds is 9. The van der Waals surface area contributed by atoms with Crippen molar-refractivity contribution in [3.05, 3.63) is 136 Å². The molecule has 2 N–H and O–H groups in total. The van der Waals surface area contributed by atoms with E-state index in [0.29, 0.717) is 39.1 Å². The summed E-state index contributed by atoms with van der Waals surface area (Å²) in [5.41, 5.74) is 3.17. The van der Waals surface area contributed by atoms with Crippen LogP contribution >= 0.6 is 23.1 Å². The van der Waals surface area contributed by atoms with Crippen molar-refractivity contribution in [2.24, 2.45) is 0 Å². The fourth-order valence-electron chi connectivity index (χ4n) is 4.99. The summed E-state index contributed by atoms with van der Waals surface area (Å²) in [5.74, 6) is -1.75. The molecule has 1 fully saturated rings. The molecule has 1 aliphatic heterocycles. The van der Waals surface area contributed by atoms with Crippen molar-refractivity contribution in [2.45, 2.75) is 29.7 Å². The average molecular weight is 640 g/mol. The number of phenols is 1. The Hall–Kier alpha value is -5.00. The number of nitrogens with zero attached hydrogens (tertiary/aromatic N) is 3. The number of aliphatic hydroxyl groups excluding tert-OH is 1. The lowest BCUT2D eigenvalue weighted by atomic mass is 9.95. The minimum atomic E-state index is -1.09. The summed E-state index contributed by atoms with van der Waals surface area (Å²) in [6.45, 7) is 2.37. The Balaban J connectivity index is 1.30. The van der Waals surface area contributed by atoms with Gasteiger partial charge in [0.1, 0.15) is 29.7 Å². The molecule has 45 heavy (non-hydrogen) atoms. The molecule has 0 bridgehead atoms. The molecule has 226 valence electrons. The van der Waals surface area contributed by atoms with E-state index in [4.69, 9.17) is 4.74 Å².